The van der Waals surface area contributed by atoms with Crippen LogP contribution in [-0.4, -0.2) is 34.7 Å². The average molecular weight is 491 g/mol. The summed E-state index contributed by atoms with van der Waals surface area (Å²) in [6, 6.07) is 19.1. The van der Waals surface area contributed by atoms with Crippen molar-refractivity contribution in [3.8, 4) is 0 Å². The number of halogens is 1. The number of amides is 3. The monoisotopic (exact) mass is 490 g/mol. The Morgan fingerprint density at radius 1 is 1.03 bits per heavy atom. The molecule has 3 amide bonds. The van der Waals surface area contributed by atoms with Crippen LogP contribution >= 0.6 is 11.3 Å². The van der Waals surface area contributed by atoms with Crippen molar-refractivity contribution in [2.75, 3.05) is 12.4 Å². The number of hydrogen-bond acceptors (Lipinski definition) is 5. The minimum atomic E-state index is -0.934. The molecule has 0 bridgehead atoms. The molecule has 1 atom stereocenters. The second-order valence-corrected chi connectivity index (χ2v) is 9.05. The maximum atomic E-state index is 13.4. The van der Waals surface area contributed by atoms with Crippen LogP contribution in [0.4, 0.5) is 10.1 Å². The maximum Gasteiger partial charge on any atom is 0.281 e. The Balaban J connectivity index is 1.56. The number of nitrogens with one attached hydrogen (secondary N) is 2. The molecule has 0 saturated heterocycles. The second-order valence-electron chi connectivity index (χ2n) is 8.02. The first-order valence-corrected chi connectivity index (χ1v) is 11.7. The van der Waals surface area contributed by atoms with Crippen molar-refractivity contribution in [1.82, 2.24) is 15.2 Å². The molecule has 9 heteroatoms. The Morgan fingerprint density at radius 3 is 2.43 bits per heavy atom. The van der Waals surface area contributed by atoms with E-state index in [0.29, 0.717) is 16.8 Å². The number of likely N-dealkylation sites (N-methyl/N-ethyl adjacent to an activating group) is 1. The van der Waals surface area contributed by atoms with E-state index in [0.717, 1.165) is 10.3 Å². The number of carbonyl (C=O) groups excluding carboxylic acids is 3. The fourth-order valence-electron chi connectivity index (χ4n) is 3.59. The summed E-state index contributed by atoms with van der Waals surface area (Å²) in [5, 5.41) is 5.73. The zero-order valence-electron chi connectivity index (χ0n) is 19.1. The molecule has 4 rings (SSSR count). The van der Waals surface area contributed by atoms with Gasteiger partial charge in [0.2, 0.25) is 11.8 Å². The molecule has 1 heterocycles. The van der Waals surface area contributed by atoms with E-state index in [1.165, 1.54) is 35.3 Å². The summed E-state index contributed by atoms with van der Waals surface area (Å²) < 4.78 is 14.0. The number of nitrogens with zero attached hydrogens (tertiary/aromatic N) is 2. The second kappa shape index (κ2) is 10.4. The van der Waals surface area contributed by atoms with Crippen molar-refractivity contribution in [3.05, 3.63) is 94.7 Å². The lowest BCUT2D eigenvalue weighted by atomic mass is 10.1. The van der Waals surface area contributed by atoms with E-state index in [2.05, 4.69) is 15.6 Å². The molecule has 0 aliphatic carbocycles. The van der Waals surface area contributed by atoms with Gasteiger partial charge in [0.15, 0.2) is 5.01 Å². The topological polar surface area (TPSA) is 91.4 Å². The van der Waals surface area contributed by atoms with Crippen molar-refractivity contribution >= 4 is 45.0 Å². The molecule has 0 aliphatic heterocycles. The van der Waals surface area contributed by atoms with Gasteiger partial charge in [0.25, 0.3) is 5.91 Å². The number of rotatable bonds is 7. The Morgan fingerprint density at radius 2 is 1.74 bits per heavy atom. The lowest BCUT2D eigenvalue weighted by Crippen LogP contribution is -2.41. The van der Waals surface area contributed by atoms with Gasteiger partial charge in [0, 0.05) is 26.2 Å². The highest BCUT2D eigenvalue weighted by Gasteiger charge is 2.27. The van der Waals surface area contributed by atoms with Gasteiger partial charge in [-0.3, -0.25) is 14.4 Å². The molecule has 0 aliphatic rings. The van der Waals surface area contributed by atoms with E-state index in [1.807, 2.05) is 6.07 Å². The van der Waals surface area contributed by atoms with Crippen LogP contribution in [0.3, 0.4) is 0 Å². The largest absolute Gasteiger partial charge is 0.339 e. The summed E-state index contributed by atoms with van der Waals surface area (Å²) in [7, 11) is 1.63. The molecule has 0 spiro atoms. The van der Waals surface area contributed by atoms with Crippen LogP contribution in [0.1, 0.15) is 33.9 Å². The van der Waals surface area contributed by atoms with Gasteiger partial charge < -0.3 is 15.5 Å². The summed E-state index contributed by atoms with van der Waals surface area (Å²) in [6.07, 6.45) is 0. The Bertz CT molecular complexity index is 1370. The number of benzene rings is 3. The van der Waals surface area contributed by atoms with Gasteiger partial charge in [-0.25, -0.2) is 9.37 Å². The lowest BCUT2D eigenvalue weighted by Gasteiger charge is -2.25. The van der Waals surface area contributed by atoms with Gasteiger partial charge in [0.05, 0.1) is 10.2 Å². The quantitative estimate of drug-likeness (QED) is 0.398. The smallest absolute Gasteiger partial charge is 0.281 e. The molecule has 7 nitrogen and oxygen atoms in total. The lowest BCUT2D eigenvalue weighted by molar-refractivity contribution is -0.132. The van der Waals surface area contributed by atoms with Crippen LogP contribution in [0.15, 0.2) is 72.8 Å². The zero-order chi connectivity index (χ0) is 24.9. The van der Waals surface area contributed by atoms with Crippen molar-refractivity contribution in [2.45, 2.75) is 19.5 Å². The van der Waals surface area contributed by atoms with E-state index < -0.39 is 11.9 Å². The number of fused-ring (bicyclic) bond motifs is 1. The molecular weight excluding hydrogens is 467 g/mol. The van der Waals surface area contributed by atoms with Crippen LogP contribution in [-0.2, 0) is 16.1 Å². The number of aromatic nitrogens is 1. The van der Waals surface area contributed by atoms with Crippen LogP contribution in [0.25, 0.3) is 10.2 Å². The molecule has 0 unspecified atom stereocenters. The highest BCUT2D eigenvalue weighted by atomic mass is 32.1. The van der Waals surface area contributed by atoms with Crippen molar-refractivity contribution in [3.63, 3.8) is 0 Å². The SMILES string of the molecule is CC(=O)Nc1ccc2nc(C(=O)N[C@H](C(=O)N(C)Cc3ccc(F)cc3)c3ccccc3)sc2c1. The molecule has 0 saturated carbocycles. The summed E-state index contributed by atoms with van der Waals surface area (Å²) in [4.78, 5) is 43.7. The van der Waals surface area contributed by atoms with E-state index in [9.17, 15) is 18.8 Å². The van der Waals surface area contributed by atoms with Gasteiger partial charge >= 0.3 is 0 Å². The predicted octanol–water partition coefficient (Wildman–Crippen LogP) is 4.52. The molecule has 0 fully saturated rings. The van der Waals surface area contributed by atoms with E-state index in [-0.39, 0.29) is 29.2 Å². The van der Waals surface area contributed by atoms with Crippen LogP contribution in [0.2, 0.25) is 0 Å². The highest BCUT2D eigenvalue weighted by Crippen LogP contribution is 2.26. The molecule has 0 radical (unpaired) electrons. The Hall–Kier alpha value is -4.11. The Labute approximate surface area is 205 Å². The molecule has 3 aromatic carbocycles. The van der Waals surface area contributed by atoms with Crippen LogP contribution in [0.5, 0.6) is 0 Å². The van der Waals surface area contributed by atoms with Gasteiger partial charge in [0.1, 0.15) is 11.9 Å². The number of anilines is 1. The average Bonchev–Trinajstić information content (AvgIpc) is 3.27. The van der Waals surface area contributed by atoms with Gasteiger partial charge in [-0.05, 0) is 41.5 Å². The summed E-state index contributed by atoms with van der Waals surface area (Å²) >= 11 is 1.17. The number of thiazole rings is 1. The summed E-state index contributed by atoms with van der Waals surface area (Å²) in [5.74, 6) is -1.34. The maximum absolute atomic E-state index is 13.4. The molecule has 35 heavy (non-hydrogen) atoms. The van der Waals surface area contributed by atoms with E-state index in [4.69, 9.17) is 0 Å². The number of hydrogen-bond donors (Lipinski definition) is 2. The predicted molar refractivity (Wildman–Crippen MR) is 133 cm³/mol. The zero-order valence-corrected chi connectivity index (χ0v) is 19.9. The fourth-order valence-corrected chi connectivity index (χ4v) is 4.50. The van der Waals surface area contributed by atoms with Gasteiger partial charge in [-0.2, -0.15) is 0 Å². The standard InChI is InChI=1S/C26H23FN4O3S/c1-16(32)28-20-12-13-21-22(14-20)35-25(29-21)24(33)30-23(18-6-4-3-5-7-18)26(34)31(2)15-17-8-10-19(27)11-9-17/h3-14,23H,15H2,1-2H3,(H,28,32)(H,30,33)/t23-/m0/s1. The van der Waals surface area contributed by atoms with Crippen LogP contribution < -0.4 is 10.6 Å². The first kappa shape index (κ1) is 24.0. The third-order valence-electron chi connectivity index (χ3n) is 5.27. The van der Waals surface area contributed by atoms with Crippen LogP contribution in [0, 0.1) is 5.82 Å². The van der Waals surface area contributed by atoms with Crippen molar-refractivity contribution < 1.29 is 18.8 Å². The minimum Gasteiger partial charge on any atom is -0.339 e. The highest BCUT2D eigenvalue weighted by molar-refractivity contribution is 7.20. The summed E-state index contributed by atoms with van der Waals surface area (Å²) in [6.45, 7) is 1.68. The number of carbonyl (C=O) groups is 3. The molecular formula is C26H23FN4O3S. The first-order chi connectivity index (χ1) is 16.8. The van der Waals surface area contributed by atoms with Crippen molar-refractivity contribution in [1.29, 1.82) is 0 Å². The normalized spacial score (nSPS) is 11.6. The molecule has 4 aromatic rings. The van der Waals surface area contributed by atoms with Crippen molar-refractivity contribution in [2.24, 2.45) is 0 Å². The third kappa shape index (κ3) is 5.88. The molecule has 178 valence electrons. The van der Waals surface area contributed by atoms with E-state index in [1.54, 1.807) is 61.6 Å². The Kier molecular flexibility index (Phi) is 7.17. The molecule has 2 N–H and O–H groups in total. The molecule has 1 aromatic heterocycles. The van der Waals surface area contributed by atoms with Gasteiger partial charge in [-0.15, -0.1) is 11.3 Å². The van der Waals surface area contributed by atoms with Gasteiger partial charge in [-0.1, -0.05) is 42.5 Å². The van der Waals surface area contributed by atoms with E-state index >= 15 is 0 Å². The first-order valence-electron chi connectivity index (χ1n) is 10.8. The summed E-state index contributed by atoms with van der Waals surface area (Å²) in [5.41, 5.74) is 2.62. The fraction of sp³-hybridized carbons (Fsp3) is 0.154. The third-order valence-corrected chi connectivity index (χ3v) is 6.28. The minimum absolute atomic E-state index is 0.194.